The van der Waals surface area contributed by atoms with Crippen LogP contribution in [0.1, 0.15) is 60.8 Å². The van der Waals surface area contributed by atoms with E-state index < -0.39 is 47.9 Å². The molecule has 196 valence electrons. The predicted molar refractivity (Wildman–Crippen MR) is 130 cm³/mol. The smallest absolute Gasteiger partial charge is 0.326 e. The second-order valence-corrected chi connectivity index (χ2v) is 9.54. The molecule has 0 radical (unpaired) electrons. The second-order valence-electron chi connectivity index (χ2n) is 9.54. The minimum absolute atomic E-state index is 0.0439. The zero-order valence-corrected chi connectivity index (χ0v) is 21.1. The SMILES string of the molecule is CC(C)CC(NC(=O)C(NC(=O)C(N)CCCN=C(N)N)C(C)C)C(=O)NC(C(=O)O)C(C)C. The minimum atomic E-state index is -1.15. The van der Waals surface area contributed by atoms with E-state index in [1.54, 1.807) is 27.7 Å². The molecule has 0 aromatic carbocycles. The lowest BCUT2D eigenvalue weighted by Crippen LogP contribution is -2.59. The molecule has 34 heavy (non-hydrogen) atoms. The number of nitrogens with one attached hydrogen (secondary N) is 3. The fraction of sp³-hybridized carbons (Fsp3) is 0.773. The van der Waals surface area contributed by atoms with E-state index in [1.165, 1.54) is 0 Å². The molecule has 0 aromatic heterocycles. The van der Waals surface area contributed by atoms with Gasteiger partial charge < -0.3 is 38.3 Å². The van der Waals surface area contributed by atoms with Crippen molar-refractivity contribution >= 4 is 29.7 Å². The molecule has 0 aliphatic rings. The largest absolute Gasteiger partial charge is 0.480 e. The summed E-state index contributed by atoms with van der Waals surface area (Å²) in [5, 5.41) is 17.2. The quantitative estimate of drug-likeness (QED) is 0.0888. The summed E-state index contributed by atoms with van der Waals surface area (Å²) in [6, 6.07) is -3.84. The highest BCUT2D eigenvalue weighted by Gasteiger charge is 2.32. The van der Waals surface area contributed by atoms with Gasteiger partial charge in [0.25, 0.3) is 0 Å². The summed E-state index contributed by atoms with van der Waals surface area (Å²) in [7, 11) is 0. The lowest BCUT2D eigenvalue weighted by Gasteiger charge is -2.28. The van der Waals surface area contributed by atoms with Crippen LogP contribution in [0.4, 0.5) is 0 Å². The molecule has 4 unspecified atom stereocenters. The number of hydrogen-bond acceptors (Lipinski definition) is 6. The van der Waals surface area contributed by atoms with Crippen molar-refractivity contribution in [3.8, 4) is 0 Å². The van der Waals surface area contributed by atoms with Crippen molar-refractivity contribution < 1.29 is 24.3 Å². The van der Waals surface area contributed by atoms with Crippen molar-refractivity contribution in [1.82, 2.24) is 16.0 Å². The Morgan fingerprint density at radius 2 is 1.35 bits per heavy atom. The van der Waals surface area contributed by atoms with Crippen LogP contribution in [0.25, 0.3) is 0 Å². The van der Waals surface area contributed by atoms with E-state index in [0.717, 1.165) is 0 Å². The van der Waals surface area contributed by atoms with E-state index in [0.29, 0.717) is 25.8 Å². The molecule has 12 nitrogen and oxygen atoms in total. The van der Waals surface area contributed by atoms with E-state index in [-0.39, 0.29) is 23.7 Å². The zero-order valence-electron chi connectivity index (χ0n) is 21.1. The number of guanidine groups is 1. The van der Waals surface area contributed by atoms with Gasteiger partial charge in [0.05, 0.1) is 6.04 Å². The van der Waals surface area contributed by atoms with E-state index in [1.807, 2.05) is 13.8 Å². The lowest BCUT2D eigenvalue weighted by atomic mass is 9.98. The van der Waals surface area contributed by atoms with Crippen LogP contribution in [0.3, 0.4) is 0 Å². The fourth-order valence-electron chi connectivity index (χ4n) is 3.18. The van der Waals surface area contributed by atoms with Crippen molar-refractivity contribution in [1.29, 1.82) is 0 Å². The second kappa shape index (κ2) is 15.1. The van der Waals surface area contributed by atoms with Crippen molar-refractivity contribution in [3.05, 3.63) is 0 Å². The molecule has 10 N–H and O–H groups in total. The number of carbonyl (C=O) groups excluding carboxylic acids is 3. The Hall–Kier alpha value is -2.89. The molecule has 0 aliphatic heterocycles. The van der Waals surface area contributed by atoms with Gasteiger partial charge in [-0.15, -0.1) is 0 Å². The monoisotopic (exact) mass is 485 g/mol. The molecule has 0 rings (SSSR count). The lowest BCUT2D eigenvalue weighted by molar-refractivity contribution is -0.143. The van der Waals surface area contributed by atoms with Gasteiger partial charge in [-0.05, 0) is 37.0 Å². The van der Waals surface area contributed by atoms with Crippen LogP contribution < -0.4 is 33.2 Å². The number of nitrogens with zero attached hydrogens (tertiary/aromatic N) is 1. The Kier molecular flexibility index (Phi) is 13.8. The highest BCUT2D eigenvalue weighted by atomic mass is 16.4. The van der Waals surface area contributed by atoms with Gasteiger partial charge in [-0.3, -0.25) is 19.4 Å². The number of aliphatic carboxylic acids is 1. The Bertz CT molecular complexity index is 720. The third kappa shape index (κ3) is 11.8. The van der Waals surface area contributed by atoms with Crippen LogP contribution in [0.5, 0.6) is 0 Å². The summed E-state index contributed by atoms with van der Waals surface area (Å²) in [5.41, 5.74) is 16.5. The topological polar surface area (TPSA) is 215 Å². The van der Waals surface area contributed by atoms with Crippen molar-refractivity contribution in [3.63, 3.8) is 0 Å². The summed E-state index contributed by atoms with van der Waals surface area (Å²) in [6.07, 6.45) is 1.10. The van der Waals surface area contributed by atoms with Gasteiger partial charge in [-0.1, -0.05) is 41.5 Å². The summed E-state index contributed by atoms with van der Waals surface area (Å²) in [6.45, 7) is 11.0. The molecule has 0 heterocycles. The number of aliphatic imine (C=N–C) groups is 1. The van der Waals surface area contributed by atoms with Crippen molar-refractivity contribution in [2.45, 2.75) is 85.0 Å². The number of hydrogen-bond donors (Lipinski definition) is 7. The Morgan fingerprint density at radius 1 is 0.824 bits per heavy atom. The third-order valence-electron chi connectivity index (χ3n) is 5.12. The van der Waals surface area contributed by atoms with Gasteiger partial charge >= 0.3 is 5.97 Å². The van der Waals surface area contributed by atoms with Crippen molar-refractivity contribution in [2.24, 2.45) is 39.9 Å². The van der Waals surface area contributed by atoms with E-state index in [4.69, 9.17) is 17.2 Å². The van der Waals surface area contributed by atoms with Crippen LogP contribution >= 0.6 is 0 Å². The van der Waals surface area contributed by atoms with Crippen LogP contribution in [-0.4, -0.2) is 65.5 Å². The minimum Gasteiger partial charge on any atom is -0.480 e. The third-order valence-corrected chi connectivity index (χ3v) is 5.12. The van der Waals surface area contributed by atoms with Gasteiger partial charge in [0.2, 0.25) is 17.7 Å². The Labute approximate surface area is 201 Å². The fourth-order valence-corrected chi connectivity index (χ4v) is 3.18. The number of rotatable bonds is 15. The van der Waals surface area contributed by atoms with Gasteiger partial charge in [-0.25, -0.2) is 4.79 Å². The average Bonchev–Trinajstić information content (AvgIpc) is 2.70. The summed E-state index contributed by atoms with van der Waals surface area (Å²) >= 11 is 0. The first-order valence-electron chi connectivity index (χ1n) is 11.6. The molecular weight excluding hydrogens is 442 g/mol. The van der Waals surface area contributed by atoms with Gasteiger partial charge in [0, 0.05) is 6.54 Å². The summed E-state index contributed by atoms with van der Waals surface area (Å²) < 4.78 is 0. The Morgan fingerprint density at radius 3 is 1.79 bits per heavy atom. The maximum Gasteiger partial charge on any atom is 0.326 e. The van der Waals surface area contributed by atoms with Crippen LogP contribution in [0, 0.1) is 17.8 Å². The zero-order chi connectivity index (χ0) is 26.6. The van der Waals surface area contributed by atoms with Gasteiger partial charge in [-0.2, -0.15) is 0 Å². The molecule has 3 amide bonds. The number of amides is 3. The molecule has 0 fully saturated rings. The molecule has 0 saturated carbocycles. The van der Waals surface area contributed by atoms with E-state index in [9.17, 15) is 24.3 Å². The predicted octanol–water partition coefficient (Wildman–Crippen LogP) is -0.736. The first kappa shape index (κ1) is 31.1. The summed E-state index contributed by atoms with van der Waals surface area (Å²) in [5.74, 6) is -3.42. The van der Waals surface area contributed by atoms with E-state index >= 15 is 0 Å². The molecular formula is C22H43N7O5. The number of nitrogens with two attached hydrogens (primary N) is 3. The average molecular weight is 486 g/mol. The highest BCUT2D eigenvalue weighted by Crippen LogP contribution is 2.10. The van der Waals surface area contributed by atoms with Crippen LogP contribution in [0.15, 0.2) is 4.99 Å². The van der Waals surface area contributed by atoms with E-state index in [2.05, 4.69) is 20.9 Å². The molecule has 0 aliphatic carbocycles. The number of carbonyl (C=O) groups is 4. The number of carboxylic acid groups (broad SMARTS) is 1. The standard InChI is InChI=1S/C22H43N7O5/c1-11(2)10-15(19(31)29-17(13(5)6)21(33)34)27-20(32)16(12(3)4)28-18(30)14(23)8-7-9-26-22(24)25/h11-17H,7-10,23H2,1-6H3,(H,27,32)(H,28,30)(H,29,31)(H,33,34)(H4,24,25,26). The van der Waals surface area contributed by atoms with Gasteiger partial charge in [0.15, 0.2) is 5.96 Å². The van der Waals surface area contributed by atoms with Crippen LogP contribution in [-0.2, 0) is 19.2 Å². The van der Waals surface area contributed by atoms with Crippen molar-refractivity contribution in [2.75, 3.05) is 6.54 Å². The normalized spacial score (nSPS) is 14.8. The molecule has 0 spiro atoms. The van der Waals surface area contributed by atoms with Gasteiger partial charge in [0.1, 0.15) is 18.1 Å². The first-order valence-corrected chi connectivity index (χ1v) is 11.6. The molecule has 0 aromatic rings. The Balaban J connectivity index is 5.30. The first-order chi connectivity index (χ1) is 15.7. The number of carboxylic acids is 1. The molecule has 0 saturated heterocycles. The maximum absolute atomic E-state index is 13.0. The van der Waals surface area contributed by atoms with Crippen LogP contribution in [0.2, 0.25) is 0 Å². The molecule has 12 heteroatoms. The highest BCUT2D eigenvalue weighted by molar-refractivity contribution is 5.94. The molecule has 0 bridgehead atoms. The maximum atomic E-state index is 13.0. The summed E-state index contributed by atoms with van der Waals surface area (Å²) in [4.78, 5) is 53.7. The molecule has 4 atom stereocenters.